The summed E-state index contributed by atoms with van der Waals surface area (Å²) < 4.78 is 5.16. The number of phenolic OH excluding ortho intramolecular Hbond substituents is 1. The fraction of sp³-hybridized carbons (Fsp3) is 0.417. The highest BCUT2D eigenvalue weighted by Crippen LogP contribution is 2.45. The summed E-state index contributed by atoms with van der Waals surface area (Å²) >= 11 is 6.08. The molecule has 7 heteroatoms. The van der Waals surface area contributed by atoms with E-state index >= 15 is 0 Å². The summed E-state index contributed by atoms with van der Waals surface area (Å²) in [4.78, 5) is 10.7. The van der Waals surface area contributed by atoms with E-state index in [0.717, 1.165) is 0 Å². The maximum absolute atomic E-state index is 10.7. The van der Waals surface area contributed by atoms with Crippen LogP contribution in [0.15, 0.2) is 6.07 Å². The van der Waals surface area contributed by atoms with Crippen molar-refractivity contribution in [2.75, 3.05) is 12.5 Å². The number of ether oxygens (including phenoxy) is 1. The molecular formula is C12H18ClN3O3. The number of amides is 2. The van der Waals surface area contributed by atoms with Crippen molar-refractivity contribution in [1.82, 2.24) is 5.43 Å². The number of phenols is 1. The first kappa shape index (κ1) is 15.2. The van der Waals surface area contributed by atoms with Gasteiger partial charge in [0.15, 0.2) is 0 Å². The second-order valence-corrected chi connectivity index (χ2v) is 5.41. The molecule has 106 valence electrons. The lowest BCUT2D eigenvalue weighted by Gasteiger charge is -2.24. The number of aromatic hydroxyl groups is 1. The Hall–Kier alpha value is -1.82. The van der Waals surface area contributed by atoms with Crippen LogP contribution < -0.4 is 21.3 Å². The number of nitrogens with two attached hydrogens (primary N) is 1. The van der Waals surface area contributed by atoms with Crippen molar-refractivity contribution in [3.63, 3.8) is 0 Å². The lowest BCUT2D eigenvalue weighted by molar-refractivity contribution is 0.250. The van der Waals surface area contributed by atoms with Crippen LogP contribution in [-0.4, -0.2) is 18.2 Å². The third-order valence-corrected chi connectivity index (χ3v) is 2.92. The molecule has 0 radical (unpaired) electrons. The number of urea groups is 1. The van der Waals surface area contributed by atoms with E-state index in [1.165, 1.54) is 7.11 Å². The average molecular weight is 288 g/mol. The molecule has 0 atom stereocenters. The molecule has 1 aromatic carbocycles. The van der Waals surface area contributed by atoms with Crippen molar-refractivity contribution >= 4 is 23.3 Å². The standard InChI is InChI=1S/C12H18ClN3O3/c1-12(2,3)6-5-7(19-4)8(13)9(10(6)17)15-16-11(14)18/h5,15,17H,1-4H3,(H3,14,16,18). The molecule has 0 aromatic heterocycles. The van der Waals surface area contributed by atoms with Gasteiger partial charge < -0.3 is 15.6 Å². The van der Waals surface area contributed by atoms with E-state index in [9.17, 15) is 9.90 Å². The van der Waals surface area contributed by atoms with Crippen molar-refractivity contribution in [3.05, 3.63) is 16.7 Å². The summed E-state index contributed by atoms with van der Waals surface area (Å²) in [7, 11) is 1.47. The minimum absolute atomic E-state index is 0.0629. The topological polar surface area (TPSA) is 96.6 Å². The van der Waals surface area contributed by atoms with Gasteiger partial charge in [-0.1, -0.05) is 32.4 Å². The zero-order valence-corrected chi connectivity index (χ0v) is 12.1. The molecule has 0 aliphatic heterocycles. The number of anilines is 1. The molecular weight excluding hydrogens is 270 g/mol. The first-order valence-corrected chi connectivity index (χ1v) is 5.97. The number of primary amides is 1. The van der Waals surface area contributed by atoms with E-state index in [-0.39, 0.29) is 21.9 Å². The molecule has 1 rings (SSSR count). The molecule has 5 N–H and O–H groups in total. The highest BCUT2D eigenvalue weighted by Gasteiger charge is 2.25. The van der Waals surface area contributed by atoms with Crippen LogP contribution in [0.3, 0.4) is 0 Å². The Balaban J connectivity index is 3.38. The molecule has 0 heterocycles. The lowest BCUT2D eigenvalue weighted by atomic mass is 9.86. The van der Waals surface area contributed by atoms with Crippen LogP contribution in [0.1, 0.15) is 26.3 Å². The third-order valence-electron chi connectivity index (χ3n) is 2.54. The Bertz CT molecular complexity index is 498. The van der Waals surface area contributed by atoms with Crippen molar-refractivity contribution in [1.29, 1.82) is 0 Å². The maximum Gasteiger partial charge on any atom is 0.330 e. The zero-order chi connectivity index (χ0) is 14.8. The van der Waals surface area contributed by atoms with Crippen molar-refractivity contribution in [2.45, 2.75) is 26.2 Å². The number of hydrazine groups is 1. The predicted octanol–water partition coefficient (Wildman–Crippen LogP) is 2.35. The molecule has 6 nitrogen and oxygen atoms in total. The Morgan fingerprint density at radius 3 is 2.47 bits per heavy atom. The summed E-state index contributed by atoms with van der Waals surface area (Å²) in [5.74, 6) is 0.324. The summed E-state index contributed by atoms with van der Waals surface area (Å²) in [5.41, 5.74) is 10.1. The van der Waals surface area contributed by atoms with Crippen LogP contribution in [0.5, 0.6) is 11.5 Å². The molecule has 0 spiro atoms. The van der Waals surface area contributed by atoms with Gasteiger partial charge in [0.25, 0.3) is 0 Å². The van der Waals surface area contributed by atoms with Crippen molar-refractivity contribution in [2.24, 2.45) is 5.73 Å². The number of rotatable bonds is 3. The van der Waals surface area contributed by atoms with Gasteiger partial charge in [0.2, 0.25) is 0 Å². The van der Waals surface area contributed by atoms with Crippen LogP contribution in [0.25, 0.3) is 0 Å². The Kier molecular flexibility index (Phi) is 4.36. The Labute approximate surface area is 116 Å². The number of carbonyl (C=O) groups is 1. The number of nitrogens with one attached hydrogen (secondary N) is 2. The summed E-state index contributed by atoms with van der Waals surface area (Å²) in [6, 6.07) is 0.864. The van der Waals surface area contributed by atoms with Crippen LogP contribution in [0, 0.1) is 0 Å². The molecule has 19 heavy (non-hydrogen) atoms. The number of benzene rings is 1. The van der Waals surface area contributed by atoms with E-state index in [0.29, 0.717) is 11.3 Å². The molecule has 0 fully saturated rings. The van der Waals surface area contributed by atoms with Gasteiger partial charge in [0.05, 0.1) is 7.11 Å². The van der Waals surface area contributed by atoms with Crippen molar-refractivity contribution < 1.29 is 14.6 Å². The molecule has 1 aromatic rings. The first-order valence-electron chi connectivity index (χ1n) is 5.60. The minimum Gasteiger partial charge on any atom is -0.505 e. The highest BCUT2D eigenvalue weighted by molar-refractivity contribution is 6.35. The lowest BCUT2D eigenvalue weighted by Crippen LogP contribution is -2.34. The quantitative estimate of drug-likeness (QED) is 0.507. The van der Waals surface area contributed by atoms with Gasteiger partial charge in [-0.05, 0) is 11.5 Å². The van der Waals surface area contributed by atoms with E-state index in [1.54, 1.807) is 6.07 Å². The van der Waals surface area contributed by atoms with Crippen LogP contribution in [0.4, 0.5) is 10.5 Å². The van der Waals surface area contributed by atoms with E-state index < -0.39 is 6.03 Å². The molecule has 0 bridgehead atoms. The SMILES string of the molecule is COc1cc(C(C)(C)C)c(O)c(NNC(N)=O)c1Cl. The first-order chi connectivity index (χ1) is 8.68. The summed E-state index contributed by atoms with van der Waals surface area (Å²) in [6.45, 7) is 5.79. The smallest absolute Gasteiger partial charge is 0.330 e. The maximum atomic E-state index is 10.7. The number of methoxy groups -OCH3 is 1. The predicted molar refractivity (Wildman–Crippen MR) is 74.7 cm³/mol. The molecule has 0 saturated heterocycles. The zero-order valence-electron chi connectivity index (χ0n) is 11.3. The number of halogens is 1. The molecule has 0 unspecified atom stereocenters. The van der Waals surface area contributed by atoms with Crippen LogP contribution in [-0.2, 0) is 5.41 Å². The molecule has 2 amide bonds. The largest absolute Gasteiger partial charge is 0.505 e. The van der Waals surface area contributed by atoms with Gasteiger partial charge in [-0.15, -0.1) is 0 Å². The Morgan fingerprint density at radius 1 is 1.47 bits per heavy atom. The van der Waals surface area contributed by atoms with Crippen molar-refractivity contribution in [3.8, 4) is 11.5 Å². The molecule has 0 aliphatic rings. The van der Waals surface area contributed by atoms with Crippen LogP contribution >= 0.6 is 11.6 Å². The van der Waals surface area contributed by atoms with Gasteiger partial charge in [-0.25, -0.2) is 4.79 Å². The molecule has 0 aliphatic carbocycles. The minimum atomic E-state index is -0.796. The third kappa shape index (κ3) is 3.35. The average Bonchev–Trinajstić information content (AvgIpc) is 2.27. The summed E-state index contributed by atoms with van der Waals surface area (Å²) in [6.07, 6.45) is 0. The van der Waals surface area contributed by atoms with E-state index in [2.05, 4.69) is 10.9 Å². The Morgan fingerprint density at radius 2 is 2.05 bits per heavy atom. The number of hydrogen-bond acceptors (Lipinski definition) is 4. The van der Waals surface area contributed by atoms with Gasteiger partial charge in [-0.3, -0.25) is 10.9 Å². The second kappa shape index (κ2) is 5.44. The van der Waals surface area contributed by atoms with E-state index in [4.69, 9.17) is 22.1 Å². The van der Waals surface area contributed by atoms with E-state index in [1.807, 2.05) is 20.8 Å². The summed E-state index contributed by atoms with van der Waals surface area (Å²) in [5, 5.41) is 10.4. The van der Waals surface area contributed by atoms with Gasteiger partial charge in [-0.2, -0.15) is 0 Å². The monoisotopic (exact) mass is 287 g/mol. The number of hydrogen-bond donors (Lipinski definition) is 4. The van der Waals surface area contributed by atoms with Gasteiger partial charge >= 0.3 is 6.03 Å². The number of carbonyl (C=O) groups excluding carboxylic acids is 1. The van der Waals surface area contributed by atoms with Crippen LogP contribution in [0.2, 0.25) is 5.02 Å². The fourth-order valence-electron chi connectivity index (χ4n) is 1.58. The van der Waals surface area contributed by atoms with Gasteiger partial charge in [0.1, 0.15) is 22.2 Å². The molecule has 0 saturated carbocycles. The highest BCUT2D eigenvalue weighted by atomic mass is 35.5. The normalized spacial score (nSPS) is 11.0. The fourth-order valence-corrected chi connectivity index (χ4v) is 1.85. The second-order valence-electron chi connectivity index (χ2n) is 5.03. The van der Waals surface area contributed by atoms with Gasteiger partial charge in [0, 0.05) is 5.56 Å².